The number of benzene rings is 1. The molecule has 1 nitrogen and oxygen atoms in total. The van der Waals surface area contributed by atoms with Crippen LogP contribution in [0.2, 0.25) is 0 Å². The fraction of sp³-hybridized carbons (Fsp3) is 0.667. The summed E-state index contributed by atoms with van der Waals surface area (Å²) in [4.78, 5) is 5.69. The maximum Gasteiger partial charge on any atom is 0.122 e. The van der Waals surface area contributed by atoms with E-state index in [0.717, 1.165) is 5.56 Å². The Labute approximate surface area is 212 Å². The third kappa shape index (κ3) is 4.17. The highest BCUT2D eigenvalue weighted by Gasteiger charge is 2.45. The van der Waals surface area contributed by atoms with E-state index in [2.05, 4.69) is 26.0 Å². The van der Waals surface area contributed by atoms with Crippen molar-refractivity contribution in [2.24, 2.45) is 5.41 Å². The van der Waals surface area contributed by atoms with E-state index in [-0.39, 0.29) is 0 Å². The summed E-state index contributed by atoms with van der Waals surface area (Å²) in [5.74, 6) is 2.26. The van der Waals surface area contributed by atoms with Crippen LogP contribution in [0.4, 0.5) is 4.39 Å². The standard InChI is InChI=1S/C33H44FN/c1-21-19-33(17-8-18-33)20-28-29(21)31(26-9-4-5-10-26)30(32(35-28)27-11-6-7-12-27)22(2)24-13-15-25(16-14-24)23(3)34/h13-16,21-23,26-27H,4-12,17-20H2,1-3H3. The average molecular weight is 474 g/mol. The zero-order valence-corrected chi connectivity index (χ0v) is 22.2. The minimum atomic E-state index is -0.910. The van der Waals surface area contributed by atoms with Crippen LogP contribution in [0, 0.1) is 5.41 Å². The molecule has 35 heavy (non-hydrogen) atoms. The van der Waals surface area contributed by atoms with Crippen molar-refractivity contribution in [3.8, 4) is 0 Å². The molecule has 1 aromatic carbocycles. The van der Waals surface area contributed by atoms with Crippen molar-refractivity contribution >= 4 is 0 Å². The van der Waals surface area contributed by atoms with Crippen LogP contribution < -0.4 is 0 Å². The summed E-state index contributed by atoms with van der Waals surface area (Å²) >= 11 is 0. The van der Waals surface area contributed by atoms with Crippen LogP contribution in [0.15, 0.2) is 24.3 Å². The number of pyridine rings is 1. The van der Waals surface area contributed by atoms with Gasteiger partial charge in [0.1, 0.15) is 6.17 Å². The molecule has 6 rings (SSSR count). The molecule has 3 fully saturated rings. The van der Waals surface area contributed by atoms with E-state index in [1.807, 2.05) is 12.1 Å². The van der Waals surface area contributed by atoms with Gasteiger partial charge in [-0.05, 0) is 103 Å². The van der Waals surface area contributed by atoms with Gasteiger partial charge in [0.15, 0.2) is 0 Å². The van der Waals surface area contributed by atoms with E-state index >= 15 is 0 Å². The van der Waals surface area contributed by atoms with Crippen LogP contribution in [-0.2, 0) is 6.42 Å². The lowest BCUT2D eigenvalue weighted by Crippen LogP contribution is -2.38. The minimum absolute atomic E-state index is 0.315. The molecule has 0 bridgehead atoms. The summed E-state index contributed by atoms with van der Waals surface area (Å²) in [5.41, 5.74) is 10.6. The summed E-state index contributed by atoms with van der Waals surface area (Å²) in [6.07, 6.45) is 16.6. The molecule has 4 aliphatic carbocycles. The van der Waals surface area contributed by atoms with Crippen LogP contribution in [0.25, 0.3) is 0 Å². The molecule has 2 aromatic rings. The zero-order chi connectivity index (χ0) is 24.2. The lowest BCUT2D eigenvalue weighted by atomic mass is 9.57. The summed E-state index contributed by atoms with van der Waals surface area (Å²) in [5, 5.41) is 0. The average Bonchev–Trinajstić information content (AvgIpc) is 3.56. The number of fused-ring (bicyclic) bond motifs is 1. The van der Waals surface area contributed by atoms with Crippen LogP contribution in [0.1, 0.15) is 167 Å². The third-order valence-electron chi connectivity index (χ3n) is 10.4. The topological polar surface area (TPSA) is 12.9 Å². The number of aromatic nitrogens is 1. The molecule has 1 aromatic heterocycles. The first-order valence-electron chi connectivity index (χ1n) is 14.8. The summed E-state index contributed by atoms with van der Waals surface area (Å²) in [7, 11) is 0. The number of hydrogen-bond acceptors (Lipinski definition) is 1. The molecular weight excluding hydrogens is 429 g/mol. The van der Waals surface area contributed by atoms with Gasteiger partial charge in [0, 0.05) is 23.2 Å². The van der Waals surface area contributed by atoms with Crippen molar-refractivity contribution in [3.63, 3.8) is 0 Å². The molecule has 2 heteroatoms. The predicted octanol–water partition coefficient (Wildman–Crippen LogP) is 9.80. The summed E-state index contributed by atoms with van der Waals surface area (Å²) in [6.45, 7) is 6.56. The fourth-order valence-corrected chi connectivity index (χ4v) is 8.46. The highest BCUT2D eigenvalue weighted by Crippen LogP contribution is 2.57. The quantitative estimate of drug-likeness (QED) is 0.421. The highest BCUT2D eigenvalue weighted by atomic mass is 19.1. The van der Waals surface area contributed by atoms with Crippen molar-refractivity contribution in [2.75, 3.05) is 0 Å². The third-order valence-corrected chi connectivity index (χ3v) is 10.4. The van der Waals surface area contributed by atoms with Crippen LogP contribution in [0.3, 0.4) is 0 Å². The van der Waals surface area contributed by atoms with Gasteiger partial charge < -0.3 is 0 Å². The van der Waals surface area contributed by atoms with Crippen molar-refractivity contribution in [3.05, 3.63) is 63.5 Å². The Balaban J connectivity index is 1.53. The fourth-order valence-electron chi connectivity index (χ4n) is 8.46. The van der Waals surface area contributed by atoms with Gasteiger partial charge >= 0.3 is 0 Å². The molecule has 188 valence electrons. The first-order valence-corrected chi connectivity index (χ1v) is 14.8. The van der Waals surface area contributed by atoms with Gasteiger partial charge in [-0.3, -0.25) is 4.98 Å². The van der Waals surface area contributed by atoms with Gasteiger partial charge in [0.25, 0.3) is 0 Å². The second kappa shape index (κ2) is 9.31. The molecule has 0 amide bonds. The highest BCUT2D eigenvalue weighted by molar-refractivity contribution is 5.52. The molecule has 1 heterocycles. The van der Waals surface area contributed by atoms with E-state index in [9.17, 15) is 4.39 Å². The van der Waals surface area contributed by atoms with Crippen molar-refractivity contribution in [1.82, 2.24) is 4.98 Å². The van der Waals surface area contributed by atoms with Gasteiger partial charge in [0.05, 0.1) is 0 Å². The first kappa shape index (κ1) is 23.7. The Kier molecular flexibility index (Phi) is 6.30. The zero-order valence-electron chi connectivity index (χ0n) is 22.2. The first-order chi connectivity index (χ1) is 17.0. The van der Waals surface area contributed by atoms with E-state index < -0.39 is 6.17 Å². The molecule has 1 spiro atoms. The van der Waals surface area contributed by atoms with Crippen LogP contribution in [0.5, 0.6) is 0 Å². The predicted molar refractivity (Wildman–Crippen MR) is 143 cm³/mol. The minimum Gasteiger partial charge on any atom is -0.257 e. The van der Waals surface area contributed by atoms with Gasteiger partial charge in [0.2, 0.25) is 0 Å². The summed E-state index contributed by atoms with van der Waals surface area (Å²) < 4.78 is 13.9. The Morgan fingerprint density at radius 3 is 2.00 bits per heavy atom. The molecule has 3 unspecified atom stereocenters. The van der Waals surface area contributed by atoms with Crippen LogP contribution >= 0.6 is 0 Å². The number of hydrogen-bond donors (Lipinski definition) is 0. The largest absolute Gasteiger partial charge is 0.257 e. The van der Waals surface area contributed by atoms with Crippen molar-refractivity contribution in [1.29, 1.82) is 0 Å². The van der Waals surface area contributed by atoms with E-state index in [1.165, 1.54) is 100 Å². The lowest BCUT2D eigenvalue weighted by Gasteiger charge is -2.48. The molecule has 0 aliphatic heterocycles. The lowest BCUT2D eigenvalue weighted by molar-refractivity contribution is 0.0975. The van der Waals surface area contributed by atoms with Crippen LogP contribution in [-0.4, -0.2) is 4.98 Å². The molecule has 3 saturated carbocycles. The number of alkyl halides is 1. The van der Waals surface area contributed by atoms with Crippen molar-refractivity contribution < 1.29 is 4.39 Å². The monoisotopic (exact) mass is 473 g/mol. The summed E-state index contributed by atoms with van der Waals surface area (Å²) in [6, 6.07) is 8.41. The number of nitrogens with zero attached hydrogens (tertiary/aromatic N) is 1. The van der Waals surface area contributed by atoms with E-state index in [4.69, 9.17) is 4.98 Å². The molecule has 3 atom stereocenters. The number of halogens is 1. The molecule has 0 radical (unpaired) electrons. The number of rotatable bonds is 5. The Morgan fingerprint density at radius 2 is 1.43 bits per heavy atom. The second-order valence-corrected chi connectivity index (χ2v) is 12.8. The maximum atomic E-state index is 13.9. The molecule has 0 N–H and O–H groups in total. The van der Waals surface area contributed by atoms with E-state index in [0.29, 0.717) is 29.1 Å². The second-order valence-electron chi connectivity index (χ2n) is 12.8. The Bertz CT molecular complexity index is 1050. The SMILES string of the molecule is CC(F)c1ccc(C(C)c2c(C3CCCC3)nc3c(c2C2CCCC2)C(C)CC2(CCC2)C3)cc1. The Hall–Kier alpha value is -1.70. The molecule has 4 aliphatic rings. The van der Waals surface area contributed by atoms with Gasteiger partial charge in [-0.15, -0.1) is 0 Å². The van der Waals surface area contributed by atoms with E-state index in [1.54, 1.807) is 23.6 Å². The molecular formula is C33H44FN. The van der Waals surface area contributed by atoms with Gasteiger partial charge in [-0.1, -0.05) is 70.2 Å². The molecule has 0 saturated heterocycles. The normalized spacial score (nSPS) is 26.0. The van der Waals surface area contributed by atoms with Crippen molar-refractivity contribution in [2.45, 2.75) is 134 Å². The smallest absolute Gasteiger partial charge is 0.122 e. The maximum absolute atomic E-state index is 13.9. The van der Waals surface area contributed by atoms with Gasteiger partial charge in [-0.25, -0.2) is 4.39 Å². The van der Waals surface area contributed by atoms with Gasteiger partial charge in [-0.2, -0.15) is 0 Å². The Morgan fingerprint density at radius 1 is 0.829 bits per heavy atom.